The fourth-order valence-electron chi connectivity index (χ4n) is 2.38. The number of hydrogen-bond donors (Lipinski definition) is 0. The SMILES string of the molecule is CCOc1ccccc1C(=O)c1cncc2ccccc12. The first-order chi connectivity index (χ1) is 10.3. The molecule has 2 aromatic carbocycles. The Hall–Kier alpha value is -2.68. The second-order valence-electron chi connectivity index (χ2n) is 4.67. The molecule has 0 amide bonds. The largest absolute Gasteiger partial charge is 0.493 e. The predicted octanol–water partition coefficient (Wildman–Crippen LogP) is 3.86. The van der Waals surface area contributed by atoms with Crippen molar-refractivity contribution in [2.75, 3.05) is 6.61 Å². The molecule has 0 saturated heterocycles. The number of ketones is 1. The summed E-state index contributed by atoms with van der Waals surface area (Å²) in [6, 6.07) is 15.1. The van der Waals surface area contributed by atoms with Crippen LogP contribution in [-0.2, 0) is 0 Å². The molecule has 0 atom stereocenters. The number of nitrogens with zero attached hydrogens (tertiary/aromatic N) is 1. The molecule has 0 aliphatic carbocycles. The van der Waals surface area contributed by atoms with E-state index in [4.69, 9.17) is 4.74 Å². The summed E-state index contributed by atoms with van der Waals surface area (Å²) in [6.07, 6.45) is 3.38. The first-order valence-electron chi connectivity index (χ1n) is 6.90. The highest BCUT2D eigenvalue weighted by molar-refractivity contribution is 6.17. The van der Waals surface area contributed by atoms with E-state index in [9.17, 15) is 4.79 Å². The van der Waals surface area contributed by atoms with Crippen LogP contribution in [0.4, 0.5) is 0 Å². The summed E-state index contributed by atoms with van der Waals surface area (Å²) in [5, 5.41) is 1.86. The van der Waals surface area contributed by atoms with Gasteiger partial charge in [-0.25, -0.2) is 0 Å². The van der Waals surface area contributed by atoms with E-state index in [1.165, 1.54) is 0 Å². The fourth-order valence-corrected chi connectivity index (χ4v) is 2.38. The van der Waals surface area contributed by atoms with Gasteiger partial charge in [-0.3, -0.25) is 9.78 Å². The van der Waals surface area contributed by atoms with Gasteiger partial charge in [0.05, 0.1) is 12.2 Å². The molecule has 104 valence electrons. The van der Waals surface area contributed by atoms with Gasteiger partial charge in [-0.1, -0.05) is 36.4 Å². The summed E-state index contributed by atoms with van der Waals surface area (Å²) in [7, 11) is 0. The van der Waals surface area contributed by atoms with Crippen LogP contribution < -0.4 is 4.74 Å². The van der Waals surface area contributed by atoms with E-state index in [2.05, 4.69) is 4.98 Å². The van der Waals surface area contributed by atoms with Crippen LogP contribution in [0.1, 0.15) is 22.8 Å². The van der Waals surface area contributed by atoms with Crippen LogP contribution in [0, 0.1) is 0 Å². The van der Waals surface area contributed by atoms with Crippen LogP contribution in [0.15, 0.2) is 60.9 Å². The Morgan fingerprint density at radius 1 is 1.00 bits per heavy atom. The fraction of sp³-hybridized carbons (Fsp3) is 0.111. The standard InChI is InChI=1S/C18H15NO2/c1-2-21-17-10-6-5-9-15(17)18(20)16-12-19-11-13-7-3-4-8-14(13)16/h3-12H,2H2,1H3. The van der Waals surface area contributed by atoms with Crippen LogP contribution >= 0.6 is 0 Å². The van der Waals surface area contributed by atoms with Crippen LogP contribution in [0.5, 0.6) is 5.75 Å². The van der Waals surface area contributed by atoms with Crippen molar-refractivity contribution in [1.29, 1.82) is 0 Å². The van der Waals surface area contributed by atoms with Crippen LogP contribution in [0.3, 0.4) is 0 Å². The molecule has 3 rings (SSSR count). The van der Waals surface area contributed by atoms with Crippen molar-refractivity contribution in [3.8, 4) is 5.75 Å². The molecule has 0 saturated carbocycles. The molecule has 0 aliphatic heterocycles. The monoisotopic (exact) mass is 277 g/mol. The highest BCUT2D eigenvalue weighted by Crippen LogP contribution is 2.25. The Balaban J connectivity index is 2.13. The van der Waals surface area contributed by atoms with Crippen molar-refractivity contribution >= 4 is 16.6 Å². The second-order valence-corrected chi connectivity index (χ2v) is 4.67. The van der Waals surface area contributed by atoms with Gasteiger partial charge in [0.15, 0.2) is 5.78 Å². The molecule has 1 aromatic heterocycles. The van der Waals surface area contributed by atoms with E-state index in [-0.39, 0.29) is 5.78 Å². The van der Waals surface area contributed by atoms with Gasteiger partial charge in [0.25, 0.3) is 0 Å². The Bertz CT molecular complexity index is 791. The van der Waals surface area contributed by atoms with Gasteiger partial charge in [0.1, 0.15) is 5.75 Å². The summed E-state index contributed by atoms with van der Waals surface area (Å²) < 4.78 is 5.55. The van der Waals surface area contributed by atoms with Gasteiger partial charge in [0.2, 0.25) is 0 Å². The smallest absolute Gasteiger partial charge is 0.198 e. The highest BCUT2D eigenvalue weighted by Gasteiger charge is 2.16. The lowest BCUT2D eigenvalue weighted by Gasteiger charge is -2.10. The number of fused-ring (bicyclic) bond motifs is 1. The summed E-state index contributed by atoms with van der Waals surface area (Å²) in [5.41, 5.74) is 1.16. The van der Waals surface area contributed by atoms with E-state index in [0.29, 0.717) is 23.5 Å². The molecule has 0 spiro atoms. The minimum absolute atomic E-state index is 0.0663. The third-order valence-corrected chi connectivity index (χ3v) is 3.34. The molecule has 3 nitrogen and oxygen atoms in total. The second kappa shape index (κ2) is 5.75. The molecule has 0 fully saturated rings. The number of carbonyl (C=O) groups excluding carboxylic acids is 1. The van der Waals surface area contributed by atoms with Gasteiger partial charge in [-0.2, -0.15) is 0 Å². The van der Waals surface area contributed by atoms with Crippen molar-refractivity contribution in [1.82, 2.24) is 4.98 Å². The highest BCUT2D eigenvalue weighted by atomic mass is 16.5. The van der Waals surface area contributed by atoms with E-state index in [1.54, 1.807) is 18.5 Å². The van der Waals surface area contributed by atoms with Gasteiger partial charge in [-0.15, -0.1) is 0 Å². The third-order valence-electron chi connectivity index (χ3n) is 3.34. The Kier molecular flexibility index (Phi) is 3.65. The maximum Gasteiger partial charge on any atom is 0.198 e. The first-order valence-corrected chi connectivity index (χ1v) is 6.90. The summed E-state index contributed by atoms with van der Waals surface area (Å²) in [4.78, 5) is 17.0. The number of benzene rings is 2. The molecule has 3 heteroatoms. The number of hydrogen-bond acceptors (Lipinski definition) is 3. The van der Waals surface area contributed by atoms with Gasteiger partial charge in [-0.05, 0) is 24.4 Å². The van der Waals surface area contributed by atoms with E-state index in [1.807, 2.05) is 49.4 Å². The number of para-hydroxylation sites is 1. The van der Waals surface area contributed by atoms with Gasteiger partial charge < -0.3 is 4.74 Å². The zero-order chi connectivity index (χ0) is 14.7. The van der Waals surface area contributed by atoms with E-state index < -0.39 is 0 Å². The lowest BCUT2D eigenvalue weighted by atomic mass is 9.99. The Morgan fingerprint density at radius 2 is 1.76 bits per heavy atom. The maximum atomic E-state index is 12.8. The van der Waals surface area contributed by atoms with Crippen LogP contribution in [0.2, 0.25) is 0 Å². The summed E-state index contributed by atoms with van der Waals surface area (Å²) >= 11 is 0. The Labute approximate surface area is 123 Å². The molecule has 21 heavy (non-hydrogen) atoms. The Morgan fingerprint density at radius 3 is 2.62 bits per heavy atom. The minimum atomic E-state index is -0.0663. The predicted molar refractivity (Wildman–Crippen MR) is 82.8 cm³/mol. The maximum absolute atomic E-state index is 12.8. The number of carbonyl (C=O) groups is 1. The van der Waals surface area contributed by atoms with Crippen molar-refractivity contribution in [2.45, 2.75) is 6.92 Å². The number of aromatic nitrogens is 1. The van der Waals surface area contributed by atoms with Crippen molar-refractivity contribution in [3.05, 3.63) is 72.1 Å². The molecule has 0 N–H and O–H groups in total. The summed E-state index contributed by atoms with van der Waals surface area (Å²) in [6.45, 7) is 2.43. The van der Waals surface area contributed by atoms with Crippen LogP contribution in [0.25, 0.3) is 10.8 Å². The number of ether oxygens (including phenoxy) is 1. The lowest BCUT2D eigenvalue weighted by Crippen LogP contribution is -2.06. The molecule has 0 aliphatic rings. The average Bonchev–Trinajstić information content (AvgIpc) is 2.54. The topological polar surface area (TPSA) is 39.2 Å². The van der Waals surface area contributed by atoms with Gasteiger partial charge in [0, 0.05) is 23.3 Å². The molecular formula is C18H15NO2. The molecule has 0 bridgehead atoms. The average molecular weight is 277 g/mol. The van der Waals surface area contributed by atoms with Crippen molar-refractivity contribution in [2.24, 2.45) is 0 Å². The molecular weight excluding hydrogens is 262 g/mol. The number of pyridine rings is 1. The first kappa shape index (κ1) is 13.3. The number of rotatable bonds is 4. The molecule has 0 radical (unpaired) electrons. The van der Waals surface area contributed by atoms with Crippen molar-refractivity contribution < 1.29 is 9.53 Å². The zero-order valence-corrected chi connectivity index (χ0v) is 11.7. The van der Waals surface area contributed by atoms with Gasteiger partial charge >= 0.3 is 0 Å². The normalized spacial score (nSPS) is 10.5. The van der Waals surface area contributed by atoms with E-state index in [0.717, 1.165) is 10.8 Å². The lowest BCUT2D eigenvalue weighted by molar-refractivity contribution is 0.103. The quantitative estimate of drug-likeness (QED) is 0.680. The molecule has 0 unspecified atom stereocenters. The molecule has 3 aromatic rings. The van der Waals surface area contributed by atoms with Crippen LogP contribution in [-0.4, -0.2) is 17.4 Å². The third kappa shape index (κ3) is 2.50. The van der Waals surface area contributed by atoms with E-state index >= 15 is 0 Å². The zero-order valence-electron chi connectivity index (χ0n) is 11.7. The molecule has 1 heterocycles. The summed E-state index contributed by atoms with van der Waals surface area (Å²) in [5.74, 6) is 0.543. The van der Waals surface area contributed by atoms with Crippen molar-refractivity contribution in [3.63, 3.8) is 0 Å². The minimum Gasteiger partial charge on any atom is -0.493 e.